The van der Waals surface area contributed by atoms with Gasteiger partial charge in [0.15, 0.2) is 0 Å². The van der Waals surface area contributed by atoms with Crippen molar-refractivity contribution in [1.29, 1.82) is 0 Å². The third-order valence-electron chi connectivity index (χ3n) is 4.55. The summed E-state index contributed by atoms with van der Waals surface area (Å²) in [5.74, 6) is -0.554. The van der Waals surface area contributed by atoms with Gasteiger partial charge in [0.05, 0.1) is 11.7 Å². The van der Waals surface area contributed by atoms with E-state index in [0.29, 0.717) is 11.1 Å². The van der Waals surface area contributed by atoms with E-state index in [0.717, 1.165) is 37.2 Å². The molecular weight excluding hydrogens is 319 g/mol. The zero-order valence-electron chi connectivity index (χ0n) is 14.3. The van der Waals surface area contributed by atoms with Crippen LogP contribution in [-0.2, 0) is 0 Å². The van der Waals surface area contributed by atoms with Gasteiger partial charge < -0.3 is 15.3 Å². The number of aliphatic hydroxyl groups is 1. The molecule has 1 heterocycles. The Morgan fingerprint density at radius 1 is 1.20 bits per heavy atom. The van der Waals surface area contributed by atoms with Crippen LogP contribution in [0.1, 0.15) is 40.4 Å². The van der Waals surface area contributed by atoms with Crippen LogP contribution < -0.4 is 10.2 Å². The highest BCUT2D eigenvalue weighted by atomic mass is 19.1. The maximum atomic E-state index is 13.0. The molecule has 132 valence electrons. The SMILES string of the molecule is Cc1ccc(N2CCCC2)c(C(=O)NCC(O)c2ccc(F)cc2)c1. The Morgan fingerprint density at radius 3 is 2.56 bits per heavy atom. The first-order valence-electron chi connectivity index (χ1n) is 8.62. The Morgan fingerprint density at radius 2 is 1.88 bits per heavy atom. The summed E-state index contributed by atoms with van der Waals surface area (Å²) in [5.41, 5.74) is 3.17. The number of carbonyl (C=O) groups is 1. The molecule has 0 saturated carbocycles. The minimum absolute atomic E-state index is 0.0812. The van der Waals surface area contributed by atoms with Gasteiger partial charge in [-0.1, -0.05) is 23.8 Å². The van der Waals surface area contributed by atoms with Gasteiger partial charge in [0.25, 0.3) is 5.91 Å². The smallest absolute Gasteiger partial charge is 0.253 e. The number of hydrogen-bond acceptors (Lipinski definition) is 3. The molecule has 1 atom stereocenters. The first-order chi connectivity index (χ1) is 12.0. The van der Waals surface area contributed by atoms with E-state index >= 15 is 0 Å². The third kappa shape index (κ3) is 4.17. The topological polar surface area (TPSA) is 52.6 Å². The first kappa shape index (κ1) is 17.4. The predicted octanol–water partition coefficient (Wildman–Crippen LogP) is 3.20. The fourth-order valence-electron chi connectivity index (χ4n) is 3.15. The number of anilines is 1. The maximum absolute atomic E-state index is 13.0. The van der Waals surface area contributed by atoms with Crippen molar-refractivity contribution in [2.75, 3.05) is 24.5 Å². The fourth-order valence-corrected chi connectivity index (χ4v) is 3.15. The van der Waals surface area contributed by atoms with Crippen molar-refractivity contribution in [3.63, 3.8) is 0 Å². The summed E-state index contributed by atoms with van der Waals surface area (Å²) in [4.78, 5) is 14.9. The van der Waals surface area contributed by atoms with Gasteiger partial charge in [0.2, 0.25) is 0 Å². The van der Waals surface area contributed by atoms with E-state index in [-0.39, 0.29) is 18.3 Å². The fraction of sp³-hybridized carbons (Fsp3) is 0.350. The minimum atomic E-state index is -0.871. The Hall–Kier alpha value is -2.40. The van der Waals surface area contributed by atoms with Gasteiger partial charge in [0.1, 0.15) is 5.82 Å². The van der Waals surface area contributed by atoms with Crippen LogP contribution in [0.3, 0.4) is 0 Å². The van der Waals surface area contributed by atoms with Crippen molar-refractivity contribution >= 4 is 11.6 Å². The molecule has 0 aromatic heterocycles. The molecule has 2 aromatic carbocycles. The number of amides is 1. The van der Waals surface area contributed by atoms with Crippen LogP contribution in [-0.4, -0.2) is 30.6 Å². The van der Waals surface area contributed by atoms with Gasteiger partial charge in [-0.05, 0) is 49.6 Å². The lowest BCUT2D eigenvalue weighted by atomic mass is 10.1. The van der Waals surface area contributed by atoms with E-state index in [4.69, 9.17) is 0 Å². The molecule has 3 rings (SSSR count). The quantitative estimate of drug-likeness (QED) is 0.877. The van der Waals surface area contributed by atoms with Crippen LogP contribution in [0.15, 0.2) is 42.5 Å². The van der Waals surface area contributed by atoms with Crippen molar-refractivity contribution in [2.24, 2.45) is 0 Å². The summed E-state index contributed by atoms with van der Waals surface area (Å²) in [7, 11) is 0. The maximum Gasteiger partial charge on any atom is 0.253 e. The molecule has 0 bridgehead atoms. The van der Waals surface area contributed by atoms with E-state index in [1.165, 1.54) is 24.3 Å². The van der Waals surface area contributed by atoms with Gasteiger partial charge in [-0.15, -0.1) is 0 Å². The Labute approximate surface area is 147 Å². The number of nitrogens with one attached hydrogen (secondary N) is 1. The second-order valence-corrected chi connectivity index (χ2v) is 6.49. The lowest BCUT2D eigenvalue weighted by Gasteiger charge is -2.22. The molecular formula is C20H23FN2O2. The molecule has 1 saturated heterocycles. The van der Waals surface area contributed by atoms with Crippen molar-refractivity contribution < 1.29 is 14.3 Å². The van der Waals surface area contributed by atoms with E-state index in [1.54, 1.807) is 0 Å². The van der Waals surface area contributed by atoms with Gasteiger partial charge >= 0.3 is 0 Å². The minimum Gasteiger partial charge on any atom is -0.387 e. The second kappa shape index (κ2) is 7.66. The molecule has 1 amide bonds. The molecule has 0 radical (unpaired) electrons. The Balaban J connectivity index is 1.70. The number of nitrogens with zero attached hydrogens (tertiary/aromatic N) is 1. The Bertz CT molecular complexity index is 740. The van der Waals surface area contributed by atoms with E-state index in [2.05, 4.69) is 10.2 Å². The van der Waals surface area contributed by atoms with Gasteiger partial charge in [-0.3, -0.25) is 4.79 Å². The van der Waals surface area contributed by atoms with Crippen molar-refractivity contribution in [2.45, 2.75) is 25.9 Å². The summed E-state index contributed by atoms with van der Waals surface area (Å²) in [6.45, 7) is 3.96. The van der Waals surface area contributed by atoms with E-state index in [1.807, 2.05) is 25.1 Å². The van der Waals surface area contributed by atoms with Crippen molar-refractivity contribution in [3.8, 4) is 0 Å². The zero-order valence-corrected chi connectivity index (χ0v) is 14.3. The van der Waals surface area contributed by atoms with E-state index < -0.39 is 6.10 Å². The second-order valence-electron chi connectivity index (χ2n) is 6.49. The van der Waals surface area contributed by atoms with Crippen molar-refractivity contribution in [3.05, 3.63) is 65.0 Å². The number of carbonyl (C=O) groups excluding carboxylic acids is 1. The van der Waals surface area contributed by atoms with Gasteiger partial charge in [-0.25, -0.2) is 4.39 Å². The molecule has 1 aliphatic rings. The average Bonchev–Trinajstić information content (AvgIpc) is 3.14. The van der Waals surface area contributed by atoms with Gasteiger partial charge in [0, 0.05) is 25.3 Å². The Kier molecular flexibility index (Phi) is 5.34. The number of hydrogen-bond donors (Lipinski definition) is 2. The molecule has 0 spiro atoms. The summed E-state index contributed by atoms with van der Waals surface area (Å²) in [6, 6.07) is 11.5. The van der Waals surface area contributed by atoms with Crippen LogP contribution in [0.2, 0.25) is 0 Å². The molecule has 2 aromatic rings. The molecule has 2 N–H and O–H groups in total. The number of benzene rings is 2. The largest absolute Gasteiger partial charge is 0.387 e. The molecule has 1 unspecified atom stereocenters. The lowest BCUT2D eigenvalue weighted by Crippen LogP contribution is -2.30. The van der Waals surface area contributed by atoms with Crippen LogP contribution in [0, 0.1) is 12.7 Å². The normalized spacial score (nSPS) is 15.2. The number of rotatable bonds is 5. The van der Waals surface area contributed by atoms with E-state index in [9.17, 15) is 14.3 Å². The number of halogens is 1. The van der Waals surface area contributed by atoms with Crippen LogP contribution >= 0.6 is 0 Å². The predicted molar refractivity (Wildman–Crippen MR) is 96.3 cm³/mol. The molecule has 5 heteroatoms. The molecule has 1 aliphatic heterocycles. The molecule has 1 fully saturated rings. The molecule has 0 aliphatic carbocycles. The highest BCUT2D eigenvalue weighted by molar-refractivity contribution is 6.00. The number of aliphatic hydroxyl groups excluding tert-OH is 1. The average molecular weight is 342 g/mol. The summed E-state index contributed by atoms with van der Waals surface area (Å²) in [5, 5.41) is 13.0. The summed E-state index contributed by atoms with van der Waals surface area (Å²) >= 11 is 0. The third-order valence-corrected chi connectivity index (χ3v) is 4.55. The van der Waals surface area contributed by atoms with Gasteiger partial charge in [-0.2, -0.15) is 0 Å². The molecule has 4 nitrogen and oxygen atoms in total. The van der Waals surface area contributed by atoms with Crippen LogP contribution in [0.4, 0.5) is 10.1 Å². The van der Waals surface area contributed by atoms with Crippen molar-refractivity contribution in [1.82, 2.24) is 5.32 Å². The monoisotopic (exact) mass is 342 g/mol. The summed E-state index contributed by atoms with van der Waals surface area (Å²) < 4.78 is 13.0. The zero-order chi connectivity index (χ0) is 17.8. The van der Waals surface area contributed by atoms with Crippen LogP contribution in [0.5, 0.6) is 0 Å². The number of aryl methyl sites for hydroxylation is 1. The first-order valence-corrected chi connectivity index (χ1v) is 8.62. The van der Waals surface area contributed by atoms with Crippen LogP contribution in [0.25, 0.3) is 0 Å². The lowest BCUT2D eigenvalue weighted by molar-refractivity contribution is 0.0916. The summed E-state index contributed by atoms with van der Waals surface area (Å²) in [6.07, 6.45) is 1.40. The highest BCUT2D eigenvalue weighted by Gasteiger charge is 2.20. The standard InChI is InChI=1S/C20H23FN2O2/c1-14-4-9-18(23-10-2-3-11-23)17(12-14)20(25)22-13-19(24)15-5-7-16(21)8-6-15/h4-9,12,19,24H,2-3,10-11,13H2,1H3,(H,22,25). The highest BCUT2D eigenvalue weighted by Crippen LogP contribution is 2.26. The molecule has 25 heavy (non-hydrogen) atoms.